The van der Waals surface area contributed by atoms with E-state index in [1.165, 1.54) is 11.3 Å². The normalized spacial score (nSPS) is 22.5. The fourth-order valence-corrected chi connectivity index (χ4v) is 2.75. The molecule has 1 N–H and O–H groups in total. The smallest absolute Gasteiger partial charge is 0.0488 e. The Morgan fingerprint density at radius 3 is 2.87 bits per heavy atom. The highest BCUT2D eigenvalue weighted by Gasteiger charge is 2.37. The lowest BCUT2D eigenvalue weighted by Gasteiger charge is -2.34. The van der Waals surface area contributed by atoms with Crippen LogP contribution in [0.4, 0.5) is 5.69 Å². The SMILES string of the molecule is Clc1ccc2c(c1)NC1(CCOCC1)C2. The molecule has 1 aromatic rings. The molecule has 2 aliphatic heterocycles. The first-order valence-electron chi connectivity index (χ1n) is 5.42. The molecule has 2 nitrogen and oxygen atoms in total. The van der Waals surface area contributed by atoms with Crippen LogP contribution in [0.2, 0.25) is 5.02 Å². The van der Waals surface area contributed by atoms with Gasteiger partial charge in [0.25, 0.3) is 0 Å². The number of benzene rings is 1. The van der Waals surface area contributed by atoms with Crippen LogP contribution in [0, 0.1) is 0 Å². The van der Waals surface area contributed by atoms with Gasteiger partial charge in [-0.15, -0.1) is 0 Å². The van der Waals surface area contributed by atoms with Crippen molar-refractivity contribution in [2.45, 2.75) is 24.8 Å². The number of halogens is 1. The summed E-state index contributed by atoms with van der Waals surface area (Å²) in [5.41, 5.74) is 2.84. The number of nitrogens with one attached hydrogen (secondary N) is 1. The van der Waals surface area contributed by atoms with Gasteiger partial charge in [-0.25, -0.2) is 0 Å². The van der Waals surface area contributed by atoms with E-state index >= 15 is 0 Å². The first-order valence-corrected chi connectivity index (χ1v) is 5.80. The number of ether oxygens (including phenoxy) is 1. The van der Waals surface area contributed by atoms with Crippen molar-refractivity contribution in [2.75, 3.05) is 18.5 Å². The summed E-state index contributed by atoms with van der Waals surface area (Å²) in [6, 6.07) is 6.14. The van der Waals surface area contributed by atoms with E-state index in [0.717, 1.165) is 37.5 Å². The predicted molar refractivity (Wildman–Crippen MR) is 61.6 cm³/mol. The maximum absolute atomic E-state index is 5.99. The quantitative estimate of drug-likeness (QED) is 0.730. The van der Waals surface area contributed by atoms with Gasteiger partial charge >= 0.3 is 0 Å². The summed E-state index contributed by atoms with van der Waals surface area (Å²) in [4.78, 5) is 0. The van der Waals surface area contributed by atoms with Crippen LogP contribution in [0.15, 0.2) is 18.2 Å². The Bertz CT molecular complexity index is 385. The maximum Gasteiger partial charge on any atom is 0.0488 e. The van der Waals surface area contributed by atoms with Gasteiger partial charge in [-0.2, -0.15) is 0 Å². The van der Waals surface area contributed by atoms with Crippen LogP contribution in [-0.2, 0) is 11.2 Å². The lowest BCUT2D eigenvalue weighted by atomic mass is 9.87. The summed E-state index contributed by atoms with van der Waals surface area (Å²) >= 11 is 5.99. The van der Waals surface area contributed by atoms with Gasteiger partial charge in [0.05, 0.1) is 0 Å². The molecule has 0 bridgehead atoms. The molecule has 1 fully saturated rings. The minimum absolute atomic E-state index is 0.241. The standard InChI is InChI=1S/C12H14ClNO/c13-10-2-1-9-8-12(14-11(9)7-10)3-5-15-6-4-12/h1-2,7,14H,3-6,8H2. The topological polar surface area (TPSA) is 21.3 Å². The lowest BCUT2D eigenvalue weighted by Crippen LogP contribution is -2.41. The Hall–Kier alpha value is -0.730. The average Bonchev–Trinajstić information content (AvgIpc) is 2.56. The molecule has 2 heterocycles. The van der Waals surface area contributed by atoms with Crippen molar-refractivity contribution >= 4 is 17.3 Å². The van der Waals surface area contributed by atoms with Gasteiger partial charge in [-0.3, -0.25) is 0 Å². The van der Waals surface area contributed by atoms with E-state index < -0.39 is 0 Å². The highest BCUT2D eigenvalue weighted by Crippen LogP contribution is 2.39. The Morgan fingerprint density at radius 1 is 1.27 bits per heavy atom. The van der Waals surface area contributed by atoms with Crippen LogP contribution in [-0.4, -0.2) is 18.8 Å². The molecule has 0 atom stereocenters. The van der Waals surface area contributed by atoms with Gasteiger partial charge in [-0.1, -0.05) is 17.7 Å². The third-order valence-corrected chi connectivity index (χ3v) is 3.69. The van der Waals surface area contributed by atoms with E-state index in [0.29, 0.717) is 0 Å². The third kappa shape index (κ3) is 1.62. The summed E-state index contributed by atoms with van der Waals surface area (Å²) in [6.07, 6.45) is 3.31. The van der Waals surface area contributed by atoms with Crippen molar-refractivity contribution in [2.24, 2.45) is 0 Å². The average molecular weight is 224 g/mol. The molecule has 0 aromatic heterocycles. The number of anilines is 1. The van der Waals surface area contributed by atoms with E-state index in [1.54, 1.807) is 0 Å². The molecule has 0 radical (unpaired) electrons. The first kappa shape index (κ1) is 9.49. The predicted octanol–water partition coefficient (Wildman–Crippen LogP) is 2.86. The highest BCUT2D eigenvalue weighted by molar-refractivity contribution is 6.30. The zero-order valence-electron chi connectivity index (χ0n) is 8.55. The first-order chi connectivity index (χ1) is 7.27. The Kier molecular flexibility index (Phi) is 2.15. The van der Waals surface area contributed by atoms with Crippen molar-refractivity contribution in [3.8, 4) is 0 Å². The molecule has 1 aromatic carbocycles. The van der Waals surface area contributed by atoms with E-state index in [9.17, 15) is 0 Å². The Morgan fingerprint density at radius 2 is 2.07 bits per heavy atom. The van der Waals surface area contributed by atoms with Crippen LogP contribution in [0.5, 0.6) is 0 Å². The lowest BCUT2D eigenvalue weighted by molar-refractivity contribution is 0.0624. The summed E-state index contributed by atoms with van der Waals surface area (Å²) in [7, 11) is 0. The molecule has 0 unspecified atom stereocenters. The minimum Gasteiger partial charge on any atom is -0.381 e. The van der Waals surface area contributed by atoms with E-state index in [1.807, 2.05) is 12.1 Å². The highest BCUT2D eigenvalue weighted by atomic mass is 35.5. The number of fused-ring (bicyclic) bond motifs is 1. The van der Waals surface area contributed by atoms with Gasteiger partial charge in [0.2, 0.25) is 0 Å². The molecule has 2 aliphatic rings. The molecule has 15 heavy (non-hydrogen) atoms. The van der Waals surface area contributed by atoms with Crippen LogP contribution in [0.25, 0.3) is 0 Å². The zero-order chi connectivity index (χ0) is 10.3. The molecule has 3 rings (SSSR count). The van der Waals surface area contributed by atoms with E-state index in [2.05, 4.69) is 11.4 Å². The second kappa shape index (κ2) is 3.39. The molecular weight excluding hydrogens is 210 g/mol. The molecule has 0 aliphatic carbocycles. The second-order valence-corrected chi connectivity index (χ2v) is 4.93. The molecule has 0 saturated carbocycles. The van der Waals surface area contributed by atoms with Crippen LogP contribution >= 0.6 is 11.6 Å². The molecule has 80 valence electrons. The Labute approximate surface area is 94.6 Å². The fraction of sp³-hybridized carbons (Fsp3) is 0.500. The van der Waals surface area contributed by atoms with Crippen molar-refractivity contribution < 1.29 is 4.74 Å². The summed E-state index contributed by atoms with van der Waals surface area (Å²) in [5, 5.41) is 4.44. The van der Waals surface area contributed by atoms with Crippen LogP contribution in [0.1, 0.15) is 18.4 Å². The number of rotatable bonds is 0. The molecule has 3 heteroatoms. The molecule has 0 amide bonds. The Balaban J connectivity index is 1.90. The van der Waals surface area contributed by atoms with Crippen LogP contribution in [0.3, 0.4) is 0 Å². The van der Waals surface area contributed by atoms with Gasteiger partial charge < -0.3 is 10.1 Å². The largest absolute Gasteiger partial charge is 0.381 e. The van der Waals surface area contributed by atoms with Gasteiger partial charge in [0.15, 0.2) is 0 Å². The number of hydrogen-bond acceptors (Lipinski definition) is 2. The van der Waals surface area contributed by atoms with Crippen molar-refractivity contribution in [3.63, 3.8) is 0 Å². The van der Waals surface area contributed by atoms with E-state index in [4.69, 9.17) is 16.3 Å². The summed E-state index contributed by atoms with van der Waals surface area (Å²) in [6.45, 7) is 1.74. The molecular formula is C12H14ClNO. The van der Waals surface area contributed by atoms with Crippen molar-refractivity contribution in [3.05, 3.63) is 28.8 Å². The number of hydrogen-bond donors (Lipinski definition) is 1. The molecule has 1 spiro atoms. The van der Waals surface area contributed by atoms with E-state index in [-0.39, 0.29) is 5.54 Å². The van der Waals surface area contributed by atoms with Crippen LogP contribution < -0.4 is 5.32 Å². The molecule has 1 saturated heterocycles. The van der Waals surface area contributed by atoms with Gasteiger partial charge in [0.1, 0.15) is 0 Å². The minimum atomic E-state index is 0.241. The monoisotopic (exact) mass is 223 g/mol. The maximum atomic E-state index is 5.99. The van der Waals surface area contributed by atoms with Crippen molar-refractivity contribution in [1.29, 1.82) is 0 Å². The third-order valence-electron chi connectivity index (χ3n) is 3.45. The van der Waals surface area contributed by atoms with Gasteiger partial charge in [-0.05, 0) is 37.0 Å². The summed E-state index contributed by atoms with van der Waals surface area (Å²) < 4.78 is 5.41. The summed E-state index contributed by atoms with van der Waals surface area (Å²) in [5.74, 6) is 0. The second-order valence-electron chi connectivity index (χ2n) is 4.50. The fourth-order valence-electron chi connectivity index (χ4n) is 2.58. The van der Waals surface area contributed by atoms with Crippen molar-refractivity contribution in [1.82, 2.24) is 0 Å². The van der Waals surface area contributed by atoms with Gasteiger partial charge in [0, 0.05) is 29.5 Å². The zero-order valence-corrected chi connectivity index (χ0v) is 9.31.